The maximum absolute atomic E-state index is 12.0. The molecule has 0 aliphatic rings. The van der Waals surface area contributed by atoms with Crippen LogP contribution in [0.4, 0.5) is 4.79 Å². The van der Waals surface area contributed by atoms with E-state index in [1.54, 1.807) is 27.7 Å². The molecule has 0 spiro atoms. The van der Waals surface area contributed by atoms with Gasteiger partial charge in [0.05, 0.1) is 24.7 Å². The zero-order valence-corrected chi connectivity index (χ0v) is 13.1. The molecule has 1 rings (SSSR count). The van der Waals surface area contributed by atoms with E-state index in [4.69, 9.17) is 21.1 Å². The molecule has 0 unspecified atom stereocenters. The summed E-state index contributed by atoms with van der Waals surface area (Å²) in [6.07, 6.45) is 1.88. The van der Waals surface area contributed by atoms with Gasteiger partial charge in [-0.3, -0.25) is 4.98 Å². The number of carbonyl (C=O) groups excluding carboxylic acids is 2. The second-order valence-corrected chi connectivity index (χ2v) is 5.49. The second-order valence-electron chi connectivity index (χ2n) is 5.10. The number of rotatable bonds is 4. The Bertz CT molecular complexity index is 516. The molecule has 0 saturated carbocycles. The molecule has 21 heavy (non-hydrogen) atoms. The van der Waals surface area contributed by atoms with Gasteiger partial charge in [0.1, 0.15) is 10.8 Å². The lowest BCUT2D eigenvalue weighted by Crippen LogP contribution is -2.39. The summed E-state index contributed by atoms with van der Waals surface area (Å²) in [4.78, 5) is 31.6. The molecule has 1 aromatic heterocycles. The third kappa shape index (κ3) is 5.95. The van der Waals surface area contributed by atoms with Gasteiger partial charge >= 0.3 is 12.1 Å². The molecule has 8 heteroatoms. The van der Waals surface area contributed by atoms with Gasteiger partial charge in [0.15, 0.2) is 6.04 Å². The summed E-state index contributed by atoms with van der Waals surface area (Å²) in [5.74, 6) is -0.667. The van der Waals surface area contributed by atoms with Crippen molar-refractivity contribution in [1.82, 2.24) is 15.3 Å². The first-order valence-electron chi connectivity index (χ1n) is 6.36. The fourth-order valence-electron chi connectivity index (χ4n) is 1.40. The van der Waals surface area contributed by atoms with Crippen LogP contribution in [0, 0.1) is 0 Å². The van der Waals surface area contributed by atoms with E-state index in [9.17, 15) is 9.59 Å². The number of esters is 1. The summed E-state index contributed by atoms with van der Waals surface area (Å²) >= 11 is 5.74. The highest BCUT2D eigenvalue weighted by atomic mass is 35.5. The van der Waals surface area contributed by atoms with E-state index in [-0.39, 0.29) is 17.5 Å². The number of hydrogen-bond acceptors (Lipinski definition) is 6. The van der Waals surface area contributed by atoms with E-state index in [0.29, 0.717) is 0 Å². The van der Waals surface area contributed by atoms with Crippen molar-refractivity contribution < 1.29 is 19.1 Å². The van der Waals surface area contributed by atoms with Gasteiger partial charge in [0.2, 0.25) is 0 Å². The van der Waals surface area contributed by atoms with Crippen LogP contribution in [-0.2, 0) is 14.3 Å². The summed E-state index contributed by atoms with van der Waals surface area (Å²) in [5.41, 5.74) is -0.518. The first-order valence-corrected chi connectivity index (χ1v) is 6.74. The van der Waals surface area contributed by atoms with Gasteiger partial charge in [0.25, 0.3) is 0 Å². The number of ether oxygens (including phenoxy) is 2. The van der Waals surface area contributed by atoms with Crippen molar-refractivity contribution in [3.8, 4) is 0 Å². The maximum atomic E-state index is 12.0. The maximum Gasteiger partial charge on any atom is 0.408 e. The second kappa shape index (κ2) is 7.21. The molecule has 0 radical (unpaired) electrons. The van der Waals surface area contributed by atoms with Gasteiger partial charge in [-0.25, -0.2) is 14.6 Å². The van der Waals surface area contributed by atoms with Crippen LogP contribution in [0.15, 0.2) is 12.4 Å². The molecule has 1 aromatic rings. The lowest BCUT2D eigenvalue weighted by atomic mass is 10.2. The predicted molar refractivity (Wildman–Crippen MR) is 75.8 cm³/mol. The van der Waals surface area contributed by atoms with E-state index in [1.165, 1.54) is 12.4 Å². The summed E-state index contributed by atoms with van der Waals surface area (Å²) in [7, 11) is 0. The molecule has 1 amide bonds. The minimum Gasteiger partial charge on any atom is -0.464 e. The Labute approximate surface area is 128 Å². The molecule has 7 nitrogen and oxygen atoms in total. The third-order valence-electron chi connectivity index (χ3n) is 2.10. The number of nitrogens with zero attached hydrogens (tertiary/aromatic N) is 2. The number of hydrogen-bond donors (Lipinski definition) is 1. The van der Waals surface area contributed by atoms with Crippen molar-refractivity contribution in [2.45, 2.75) is 39.3 Å². The lowest BCUT2D eigenvalue weighted by Gasteiger charge is -2.22. The third-order valence-corrected chi connectivity index (χ3v) is 2.29. The molecule has 116 valence electrons. The quantitative estimate of drug-likeness (QED) is 0.857. The number of amides is 1. The van der Waals surface area contributed by atoms with Gasteiger partial charge < -0.3 is 14.8 Å². The molecule has 0 aliphatic heterocycles. The summed E-state index contributed by atoms with van der Waals surface area (Å²) < 4.78 is 10.0. The normalized spacial score (nSPS) is 12.4. The fourth-order valence-corrected chi connectivity index (χ4v) is 1.55. The Morgan fingerprint density at radius 2 is 2.05 bits per heavy atom. The zero-order chi connectivity index (χ0) is 16.0. The van der Waals surface area contributed by atoms with Crippen molar-refractivity contribution in [3.05, 3.63) is 23.2 Å². The average Bonchev–Trinajstić information content (AvgIpc) is 2.34. The number of halogens is 1. The van der Waals surface area contributed by atoms with Gasteiger partial charge in [-0.05, 0) is 27.7 Å². The molecular formula is C13H18ClN3O4. The highest BCUT2D eigenvalue weighted by molar-refractivity contribution is 6.29. The van der Waals surface area contributed by atoms with Gasteiger partial charge in [-0.2, -0.15) is 0 Å². The van der Waals surface area contributed by atoms with Crippen molar-refractivity contribution in [2.75, 3.05) is 6.61 Å². The Balaban J connectivity index is 2.93. The molecule has 0 aromatic carbocycles. The highest BCUT2D eigenvalue weighted by Gasteiger charge is 2.28. The number of carbonyl (C=O) groups is 2. The summed E-state index contributed by atoms with van der Waals surface area (Å²) in [6, 6.07) is -1.13. The SMILES string of the molecule is CCOC(=O)[C@@H](NC(=O)OC(C)(C)C)c1cncc(Cl)n1. The minimum atomic E-state index is -1.13. The summed E-state index contributed by atoms with van der Waals surface area (Å²) in [6.45, 7) is 6.97. The van der Waals surface area contributed by atoms with Gasteiger partial charge in [-0.1, -0.05) is 11.6 Å². The van der Waals surface area contributed by atoms with E-state index in [0.717, 1.165) is 0 Å². The first-order chi connectivity index (χ1) is 9.73. The Kier molecular flexibility index (Phi) is 5.90. The number of aromatic nitrogens is 2. The predicted octanol–water partition coefficient (Wildman–Crippen LogP) is 2.26. The molecular weight excluding hydrogens is 298 g/mol. The van der Waals surface area contributed by atoms with Crippen LogP contribution in [-0.4, -0.2) is 34.2 Å². The van der Waals surface area contributed by atoms with E-state index in [1.807, 2.05) is 0 Å². The van der Waals surface area contributed by atoms with Crippen LogP contribution in [0.1, 0.15) is 39.4 Å². The Hall–Kier alpha value is -1.89. The van der Waals surface area contributed by atoms with Crippen LogP contribution in [0.5, 0.6) is 0 Å². The molecule has 0 saturated heterocycles. The van der Waals surface area contributed by atoms with Crippen LogP contribution in [0.3, 0.4) is 0 Å². The molecule has 0 aliphatic carbocycles. The lowest BCUT2D eigenvalue weighted by molar-refractivity contribution is -0.146. The van der Waals surface area contributed by atoms with Crippen LogP contribution < -0.4 is 5.32 Å². The largest absolute Gasteiger partial charge is 0.464 e. The number of alkyl carbamates (subject to hydrolysis) is 1. The van der Waals surface area contributed by atoms with Crippen LogP contribution in [0.2, 0.25) is 5.15 Å². The van der Waals surface area contributed by atoms with Crippen LogP contribution >= 0.6 is 11.6 Å². The van der Waals surface area contributed by atoms with E-state index in [2.05, 4.69) is 15.3 Å². The van der Waals surface area contributed by atoms with E-state index < -0.39 is 23.7 Å². The summed E-state index contributed by atoms with van der Waals surface area (Å²) in [5, 5.41) is 2.51. The molecule has 0 bridgehead atoms. The van der Waals surface area contributed by atoms with Crippen molar-refractivity contribution in [3.63, 3.8) is 0 Å². The topological polar surface area (TPSA) is 90.4 Å². The monoisotopic (exact) mass is 315 g/mol. The zero-order valence-electron chi connectivity index (χ0n) is 12.3. The van der Waals surface area contributed by atoms with Gasteiger partial charge in [-0.15, -0.1) is 0 Å². The Morgan fingerprint density at radius 1 is 1.38 bits per heavy atom. The average molecular weight is 316 g/mol. The van der Waals surface area contributed by atoms with Gasteiger partial charge in [0, 0.05) is 0 Å². The molecule has 0 fully saturated rings. The first kappa shape index (κ1) is 17.2. The van der Waals surface area contributed by atoms with Crippen molar-refractivity contribution in [2.24, 2.45) is 0 Å². The van der Waals surface area contributed by atoms with Crippen molar-refractivity contribution >= 4 is 23.7 Å². The van der Waals surface area contributed by atoms with Crippen molar-refractivity contribution in [1.29, 1.82) is 0 Å². The molecule has 1 N–H and O–H groups in total. The Morgan fingerprint density at radius 3 is 2.57 bits per heavy atom. The highest BCUT2D eigenvalue weighted by Crippen LogP contribution is 2.15. The number of nitrogens with one attached hydrogen (secondary N) is 1. The van der Waals surface area contributed by atoms with Crippen LogP contribution in [0.25, 0.3) is 0 Å². The standard InChI is InChI=1S/C13H18ClN3O4/c1-5-20-11(18)10(8-6-15-7-9(14)16-8)17-12(19)21-13(2,3)4/h6-7,10H,5H2,1-4H3,(H,17,19)/t10-/m0/s1. The van der Waals surface area contributed by atoms with E-state index >= 15 is 0 Å². The smallest absolute Gasteiger partial charge is 0.408 e. The fraction of sp³-hybridized carbons (Fsp3) is 0.538. The minimum absolute atomic E-state index is 0.104. The molecule has 1 heterocycles. The molecule has 1 atom stereocenters.